The van der Waals surface area contributed by atoms with Gasteiger partial charge in [0.2, 0.25) is 5.91 Å². The van der Waals surface area contributed by atoms with E-state index in [9.17, 15) is 14.0 Å². The summed E-state index contributed by atoms with van der Waals surface area (Å²) in [6.45, 7) is 5.46. The van der Waals surface area contributed by atoms with Gasteiger partial charge < -0.3 is 10.6 Å². The Labute approximate surface area is 141 Å². The van der Waals surface area contributed by atoms with Crippen LogP contribution < -0.4 is 10.6 Å². The standard InChI is InChI=1S/C19H21FN2O2/c1-12(2)17(22-18(23)14-7-5-4-6-8-14)19(24)21-16-11-15(20)10-9-13(16)3/h4-12,17H,1-3H3,(H,21,24)(H,22,23)/t17-/m1/s1. The molecule has 2 aromatic rings. The molecule has 126 valence electrons. The Morgan fingerprint density at radius 1 is 1.04 bits per heavy atom. The maximum absolute atomic E-state index is 13.4. The summed E-state index contributed by atoms with van der Waals surface area (Å²) in [7, 11) is 0. The van der Waals surface area contributed by atoms with E-state index in [2.05, 4.69) is 10.6 Å². The third-order valence-electron chi connectivity index (χ3n) is 3.73. The molecule has 0 saturated carbocycles. The summed E-state index contributed by atoms with van der Waals surface area (Å²) in [5.74, 6) is -1.24. The van der Waals surface area contributed by atoms with Gasteiger partial charge in [0, 0.05) is 11.3 Å². The Morgan fingerprint density at radius 2 is 1.71 bits per heavy atom. The lowest BCUT2D eigenvalue weighted by atomic mass is 10.0. The molecule has 0 aliphatic rings. The van der Waals surface area contributed by atoms with E-state index in [-0.39, 0.29) is 17.7 Å². The summed E-state index contributed by atoms with van der Waals surface area (Å²) in [5.41, 5.74) is 1.64. The highest BCUT2D eigenvalue weighted by Gasteiger charge is 2.25. The average molecular weight is 328 g/mol. The third-order valence-corrected chi connectivity index (χ3v) is 3.73. The van der Waals surface area contributed by atoms with Crippen LogP contribution in [-0.2, 0) is 4.79 Å². The third kappa shape index (κ3) is 4.41. The second kappa shape index (κ2) is 7.73. The molecule has 0 heterocycles. The number of anilines is 1. The molecule has 2 rings (SSSR count). The molecule has 2 aromatic carbocycles. The minimum absolute atomic E-state index is 0.119. The molecule has 0 radical (unpaired) electrons. The molecule has 0 aliphatic carbocycles. The van der Waals surface area contributed by atoms with Crippen molar-refractivity contribution in [3.05, 3.63) is 65.5 Å². The van der Waals surface area contributed by atoms with Gasteiger partial charge in [0.25, 0.3) is 5.91 Å². The SMILES string of the molecule is Cc1ccc(F)cc1NC(=O)[C@H](NC(=O)c1ccccc1)C(C)C. The molecule has 0 unspecified atom stereocenters. The van der Waals surface area contributed by atoms with Crippen molar-refractivity contribution in [2.45, 2.75) is 26.8 Å². The zero-order valence-corrected chi connectivity index (χ0v) is 14.0. The molecular weight excluding hydrogens is 307 g/mol. The van der Waals surface area contributed by atoms with E-state index in [0.29, 0.717) is 11.3 Å². The molecule has 0 saturated heterocycles. The first-order chi connectivity index (χ1) is 11.4. The van der Waals surface area contributed by atoms with Gasteiger partial charge in [-0.3, -0.25) is 9.59 Å². The van der Waals surface area contributed by atoms with E-state index >= 15 is 0 Å². The van der Waals surface area contributed by atoms with E-state index in [1.807, 2.05) is 19.9 Å². The first-order valence-corrected chi connectivity index (χ1v) is 7.81. The van der Waals surface area contributed by atoms with Crippen molar-refractivity contribution < 1.29 is 14.0 Å². The van der Waals surface area contributed by atoms with Crippen molar-refractivity contribution in [1.82, 2.24) is 5.32 Å². The molecule has 0 spiro atoms. The Balaban J connectivity index is 2.13. The van der Waals surface area contributed by atoms with Crippen LogP contribution in [0.15, 0.2) is 48.5 Å². The van der Waals surface area contributed by atoms with Gasteiger partial charge in [-0.15, -0.1) is 0 Å². The van der Waals surface area contributed by atoms with Crippen molar-refractivity contribution in [2.24, 2.45) is 5.92 Å². The number of nitrogens with one attached hydrogen (secondary N) is 2. The first kappa shape index (κ1) is 17.7. The van der Waals surface area contributed by atoms with Gasteiger partial charge >= 0.3 is 0 Å². The second-order valence-corrected chi connectivity index (χ2v) is 6.01. The van der Waals surface area contributed by atoms with Crippen LogP contribution in [-0.4, -0.2) is 17.9 Å². The molecular formula is C19H21FN2O2. The number of hydrogen-bond acceptors (Lipinski definition) is 2. The van der Waals surface area contributed by atoms with Crippen LogP contribution >= 0.6 is 0 Å². The fourth-order valence-electron chi connectivity index (χ4n) is 2.29. The van der Waals surface area contributed by atoms with Gasteiger partial charge in [-0.05, 0) is 42.7 Å². The quantitative estimate of drug-likeness (QED) is 0.882. The second-order valence-electron chi connectivity index (χ2n) is 6.01. The lowest BCUT2D eigenvalue weighted by molar-refractivity contribution is -0.118. The molecule has 0 aromatic heterocycles. The van der Waals surface area contributed by atoms with Crippen molar-refractivity contribution >= 4 is 17.5 Å². The number of aryl methyl sites for hydroxylation is 1. The maximum Gasteiger partial charge on any atom is 0.251 e. The van der Waals surface area contributed by atoms with Gasteiger partial charge in [-0.25, -0.2) is 4.39 Å². The van der Waals surface area contributed by atoms with Gasteiger partial charge in [0.05, 0.1) is 0 Å². The van der Waals surface area contributed by atoms with Crippen LogP contribution in [0.4, 0.5) is 10.1 Å². The predicted molar refractivity (Wildman–Crippen MR) is 92.3 cm³/mol. The molecule has 5 heteroatoms. The smallest absolute Gasteiger partial charge is 0.251 e. The molecule has 4 nitrogen and oxygen atoms in total. The topological polar surface area (TPSA) is 58.2 Å². The number of hydrogen-bond donors (Lipinski definition) is 2. The molecule has 24 heavy (non-hydrogen) atoms. The summed E-state index contributed by atoms with van der Waals surface area (Å²) in [6, 6.07) is 12.2. The molecule has 1 atom stereocenters. The largest absolute Gasteiger partial charge is 0.340 e. The lowest BCUT2D eigenvalue weighted by Gasteiger charge is -2.22. The van der Waals surface area contributed by atoms with Gasteiger partial charge in [0.1, 0.15) is 11.9 Å². The highest BCUT2D eigenvalue weighted by atomic mass is 19.1. The zero-order chi connectivity index (χ0) is 17.7. The number of amides is 2. The fraction of sp³-hybridized carbons (Fsp3) is 0.263. The normalized spacial score (nSPS) is 11.9. The van der Waals surface area contributed by atoms with Crippen LogP contribution in [0, 0.1) is 18.7 Å². The number of carbonyl (C=O) groups excluding carboxylic acids is 2. The van der Waals surface area contributed by atoms with E-state index in [4.69, 9.17) is 0 Å². The summed E-state index contributed by atoms with van der Waals surface area (Å²) < 4.78 is 13.4. The van der Waals surface area contributed by atoms with Crippen LogP contribution in [0.3, 0.4) is 0 Å². The van der Waals surface area contributed by atoms with E-state index < -0.39 is 11.9 Å². The van der Waals surface area contributed by atoms with Crippen LogP contribution in [0.1, 0.15) is 29.8 Å². The number of halogens is 1. The molecule has 2 N–H and O–H groups in total. The van der Waals surface area contributed by atoms with Crippen molar-refractivity contribution in [3.63, 3.8) is 0 Å². The number of carbonyl (C=O) groups is 2. The summed E-state index contributed by atoms with van der Waals surface area (Å²) in [4.78, 5) is 24.8. The lowest BCUT2D eigenvalue weighted by Crippen LogP contribution is -2.47. The molecule has 0 aliphatic heterocycles. The monoisotopic (exact) mass is 328 g/mol. The van der Waals surface area contributed by atoms with Crippen molar-refractivity contribution in [3.8, 4) is 0 Å². The zero-order valence-electron chi connectivity index (χ0n) is 14.0. The Morgan fingerprint density at radius 3 is 2.33 bits per heavy atom. The summed E-state index contributed by atoms with van der Waals surface area (Å²) in [5, 5.41) is 5.44. The van der Waals surface area contributed by atoms with E-state index in [1.165, 1.54) is 12.1 Å². The number of rotatable bonds is 5. The Kier molecular flexibility index (Phi) is 5.68. The van der Waals surface area contributed by atoms with Crippen LogP contribution in [0.25, 0.3) is 0 Å². The highest BCUT2D eigenvalue weighted by Crippen LogP contribution is 2.17. The van der Waals surface area contributed by atoms with Gasteiger partial charge in [0.15, 0.2) is 0 Å². The van der Waals surface area contributed by atoms with Gasteiger partial charge in [-0.1, -0.05) is 38.1 Å². The summed E-state index contributed by atoms with van der Waals surface area (Å²) >= 11 is 0. The fourth-order valence-corrected chi connectivity index (χ4v) is 2.29. The van der Waals surface area contributed by atoms with Crippen molar-refractivity contribution in [1.29, 1.82) is 0 Å². The minimum atomic E-state index is -0.722. The molecule has 0 fully saturated rings. The minimum Gasteiger partial charge on any atom is -0.340 e. The Bertz CT molecular complexity index is 729. The maximum atomic E-state index is 13.4. The van der Waals surface area contributed by atoms with E-state index in [1.54, 1.807) is 37.3 Å². The van der Waals surface area contributed by atoms with E-state index in [0.717, 1.165) is 5.56 Å². The first-order valence-electron chi connectivity index (χ1n) is 7.81. The van der Waals surface area contributed by atoms with Crippen LogP contribution in [0.5, 0.6) is 0 Å². The predicted octanol–water partition coefficient (Wildman–Crippen LogP) is 3.53. The Hall–Kier alpha value is -2.69. The molecule has 2 amide bonds. The van der Waals surface area contributed by atoms with Gasteiger partial charge in [-0.2, -0.15) is 0 Å². The summed E-state index contributed by atoms with van der Waals surface area (Å²) in [6.07, 6.45) is 0. The van der Waals surface area contributed by atoms with Crippen molar-refractivity contribution in [2.75, 3.05) is 5.32 Å². The van der Waals surface area contributed by atoms with Crippen LogP contribution in [0.2, 0.25) is 0 Å². The highest BCUT2D eigenvalue weighted by molar-refractivity contribution is 6.01. The number of benzene rings is 2. The average Bonchev–Trinajstić information content (AvgIpc) is 2.56. The molecule has 0 bridgehead atoms.